The summed E-state index contributed by atoms with van der Waals surface area (Å²) in [4.78, 5) is 21.3. The number of aromatic nitrogens is 3. The first-order valence-corrected chi connectivity index (χ1v) is 11.7. The number of rotatable bonds is 6. The quantitative estimate of drug-likeness (QED) is 0.376. The number of ether oxygens (including phenoxy) is 1. The molecule has 1 amide bonds. The summed E-state index contributed by atoms with van der Waals surface area (Å²) in [6.45, 7) is -0.0544. The number of halogens is 1. The zero-order valence-electron chi connectivity index (χ0n) is 18.2. The van der Waals surface area contributed by atoms with Crippen LogP contribution in [0.15, 0.2) is 67.1 Å². The summed E-state index contributed by atoms with van der Waals surface area (Å²) < 4.78 is 7.79. The number of nitrogens with one attached hydrogen (secondary N) is 1. The topological polar surface area (TPSA) is 68.5 Å². The summed E-state index contributed by atoms with van der Waals surface area (Å²) >= 11 is 6.24. The fourth-order valence-electron chi connectivity index (χ4n) is 4.42. The molecule has 168 valence electrons. The molecule has 1 aliphatic carbocycles. The van der Waals surface area contributed by atoms with Crippen molar-refractivity contribution in [3.63, 3.8) is 0 Å². The van der Waals surface area contributed by atoms with Crippen LogP contribution in [-0.2, 0) is 4.79 Å². The fourth-order valence-corrected chi connectivity index (χ4v) is 4.60. The van der Waals surface area contributed by atoms with Crippen molar-refractivity contribution in [1.29, 1.82) is 0 Å². The lowest BCUT2D eigenvalue weighted by Gasteiger charge is -2.24. The lowest BCUT2D eigenvalue weighted by molar-refractivity contribution is -0.118. The van der Waals surface area contributed by atoms with Crippen molar-refractivity contribution in [2.24, 2.45) is 0 Å². The molecule has 0 bridgehead atoms. The Balaban J connectivity index is 1.22. The molecule has 2 aromatic heterocycles. The number of fused-ring (bicyclic) bond motifs is 1. The molecule has 0 unspecified atom stereocenters. The number of benzene rings is 2. The Morgan fingerprint density at radius 2 is 1.94 bits per heavy atom. The van der Waals surface area contributed by atoms with Crippen LogP contribution in [-0.4, -0.2) is 26.9 Å². The Morgan fingerprint density at radius 3 is 2.73 bits per heavy atom. The summed E-state index contributed by atoms with van der Waals surface area (Å²) in [6, 6.07) is 15.1. The van der Waals surface area contributed by atoms with E-state index in [-0.39, 0.29) is 12.5 Å². The van der Waals surface area contributed by atoms with Crippen molar-refractivity contribution in [3.05, 3.63) is 77.7 Å². The molecular weight excluding hydrogens is 436 g/mol. The van der Waals surface area contributed by atoms with Gasteiger partial charge in [0.15, 0.2) is 6.61 Å². The number of amides is 1. The van der Waals surface area contributed by atoms with Gasteiger partial charge in [-0.25, -0.2) is 9.97 Å². The van der Waals surface area contributed by atoms with E-state index in [0.717, 1.165) is 35.4 Å². The molecule has 2 aromatic carbocycles. The normalized spacial score (nSPS) is 14.3. The van der Waals surface area contributed by atoms with Crippen molar-refractivity contribution in [2.75, 3.05) is 11.9 Å². The molecule has 33 heavy (non-hydrogen) atoms. The van der Waals surface area contributed by atoms with Crippen molar-refractivity contribution in [1.82, 2.24) is 14.4 Å². The first-order chi connectivity index (χ1) is 16.2. The third-order valence-corrected chi connectivity index (χ3v) is 6.31. The van der Waals surface area contributed by atoms with E-state index in [9.17, 15) is 4.79 Å². The van der Waals surface area contributed by atoms with Gasteiger partial charge in [-0.3, -0.25) is 9.20 Å². The van der Waals surface area contributed by atoms with E-state index in [0.29, 0.717) is 22.4 Å². The van der Waals surface area contributed by atoms with Gasteiger partial charge in [0, 0.05) is 34.9 Å². The highest BCUT2D eigenvalue weighted by Gasteiger charge is 2.20. The molecule has 1 fully saturated rings. The average molecular weight is 461 g/mol. The molecule has 7 heteroatoms. The number of anilines is 1. The molecule has 0 radical (unpaired) electrons. The summed E-state index contributed by atoms with van der Waals surface area (Å²) in [5.41, 5.74) is 3.60. The zero-order valence-corrected chi connectivity index (χ0v) is 19.0. The molecule has 4 aromatic rings. The van der Waals surface area contributed by atoms with Crippen LogP contribution < -0.4 is 10.1 Å². The van der Waals surface area contributed by atoms with Crippen LogP contribution in [0.1, 0.15) is 43.6 Å². The van der Waals surface area contributed by atoms with Gasteiger partial charge in [-0.2, -0.15) is 0 Å². The molecule has 1 aliphatic rings. The van der Waals surface area contributed by atoms with Crippen LogP contribution >= 0.6 is 11.6 Å². The summed E-state index contributed by atoms with van der Waals surface area (Å²) in [7, 11) is 0. The second kappa shape index (κ2) is 9.63. The molecule has 0 aliphatic heterocycles. The SMILES string of the molecule is O=C(COc1ccc(Cl)cc1C1CCCCC1)Nc1ccc(-c2cn3cccnc3n2)cc1. The lowest BCUT2D eigenvalue weighted by atomic mass is 9.84. The highest BCUT2D eigenvalue weighted by Crippen LogP contribution is 2.38. The molecular formula is C26H25ClN4O2. The lowest BCUT2D eigenvalue weighted by Crippen LogP contribution is -2.20. The van der Waals surface area contributed by atoms with Crippen molar-refractivity contribution >= 4 is 29.0 Å². The monoisotopic (exact) mass is 460 g/mol. The first kappa shape index (κ1) is 21.5. The minimum absolute atomic E-state index is 0.0544. The minimum Gasteiger partial charge on any atom is -0.483 e. The molecule has 5 rings (SSSR count). The predicted octanol–water partition coefficient (Wildman–Crippen LogP) is 6.11. The molecule has 1 N–H and O–H groups in total. The van der Waals surface area contributed by atoms with Crippen LogP contribution in [0.3, 0.4) is 0 Å². The van der Waals surface area contributed by atoms with E-state index in [1.54, 1.807) is 6.20 Å². The Hall–Kier alpha value is -3.38. The van der Waals surface area contributed by atoms with Gasteiger partial charge in [0.2, 0.25) is 5.78 Å². The van der Waals surface area contributed by atoms with Gasteiger partial charge in [-0.15, -0.1) is 0 Å². The number of hydrogen-bond donors (Lipinski definition) is 1. The van der Waals surface area contributed by atoms with Crippen molar-refractivity contribution < 1.29 is 9.53 Å². The van der Waals surface area contributed by atoms with E-state index in [2.05, 4.69) is 15.3 Å². The van der Waals surface area contributed by atoms with E-state index >= 15 is 0 Å². The van der Waals surface area contributed by atoms with Gasteiger partial charge in [0.05, 0.1) is 5.69 Å². The Morgan fingerprint density at radius 1 is 1.12 bits per heavy atom. The van der Waals surface area contributed by atoms with Crippen LogP contribution in [0.25, 0.3) is 17.0 Å². The molecule has 0 atom stereocenters. The summed E-state index contributed by atoms with van der Waals surface area (Å²) in [6.07, 6.45) is 11.6. The van der Waals surface area contributed by atoms with Gasteiger partial charge in [0.1, 0.15) is 5.75 Å². The zero-order chi connectivity index (χ0) is 22.6. The summed E-state index contributed by atoms with van der Waals surface area (Å²) in [5.74, 6) is 1.64. The average Bonchev–Trinajstić information content (AvgIpc) is 3.29. The second-order valence-electron chi connectivity index (χ2n) is 8.38. The Kier molecular flexibility index (Phi) is 6.26. The largest absolute Gasteiger partial charge is 0.483 e. The second-order valence-corrected chi connectivity index (χ2v) is 8.82. The minimum atomic E-state index is -0.204. The van der Waals surface area contributed by atoms with E-state index in [1.165, 1.54) is 19.3 Å². The highest BCUT2D eigenvalue weighted by molar-refractivity contribution is 6.30. The van der Waals surface area contributed by atoms with Gasteiger partial charge in [-0.1, -0.05) is 43.0 Å². The standard InChI is InChI=1S/C26H25ClN4O2/c27-20-9-12-24(22(15-20)18-5-2-1-3-6-18)33-17-25(32)29-21-10-7-19(8-11-21)23-16-31-14-4-13-28-26(31)30-23/h4,7-16,18H,1-3,5-6,17H2,(H,29,32). The maximum absolute atomic E-state index is 12.5. The van der Waals surface area contributed by atoms with Crippen molar-refractivity contribution in [3.8, 4) is 17.0 Å². The van der Waals surface area contributed by atoms with Crippen LogP contribution in [0, 0.1) is 0 Å². The number of nitrogens with zero attached hydrogens (tertiary/aromatic N) is 3. The maximum Gasteiger partial charge on any atom is 0.262 e. The third-order valence-electron chi connectivity index (χ3n) is 6.08. The molecule has 0 saturated heterocycles. The van der Waals surface area contributed by atoms with E-state index < -0.39 is 0 Å². The van der Waals surface area contributed by atoms with Crippen LogP contribution in [0.4, 0.5) is 5.69 Å². The number of hydrogen-bond acceptors (Lipinski definition) is 4. The van der Waals surface area contributed by atoms with Crippen LogP contribution in [0.5, 0.6) is 5.75 Å². The number of imidazole rings is 1. The van der Waals surface area contributed by atoms with Gasteiger partial charge < -0.3 is 10.1 Å². The first-order valence-electron chi connectivity index (χ1n) is 11.3. The third kappa shape index (κ3) is 5.01. The molecule has 1 saturated carbocycles. The van der Waals surface area contributed by atoms with Crippen molar-refractivity contribution in [2.45, 2.75) is 38.0 Å². The Labute approximate surface area is 197 Å². The van der Waals surface area contributed by atoms with Crippen LogP contribution in [0.2, 0.25) is 5.02 Å². The Bertz CT molecular complexity index is 1230. The predicted molar refractivity (Wildman–Crippen MR) is 130 cm³/mol. The smallest absolute Gasteiger partial charge is 0.262 e. The van der Waals surface area contributed by atoms with E-state index in [4.69, 9.17) is 16.3 Å². The molecule has 2 heterocycles. The fraction of sp³-hybridized carbons (Fsp3) is 0.269. The molecule has 6 nitrogen and oxygen atoms in total. The summed E-state index contributed by atoms with van der Waals surface area (Å²) in [5, 5.41) is 3.60. The highest BCUT2D eigenvalue weighted by atomic mass is 35.5. The van der Waals surface area contributed by atoms with E-state index in [1.807, 2.05) is 65.3 Å². The van der Waals surface area contributed by atoms with Gasteiger partial charge >= 0.3 is 0 Å². The molecule has 0 spiro atoms. The maximum atomic E-state index is 12.5. The number of carbonyl (C=O) groups excluding carboxylic acids is 1. The van der Waals surface area contributed by atoms with Gasteiger partial charge in [-0.05, 0) is 60.7 Å². The van der Waals surface area contributed by atoms with Gasteiger partial charge in [0.25, 0.3) is 5.91 Å². The number of carbonyl (C=O) groups is 1.